The first-order chi connectivity index (χ1) is 12.4. The van der Waals surface area contributed by atoms with Crippen LogP contribution in [0.2, 0.25) is 0 Å². The van der Waals surface area contributed by atoms with Gasteiger partial charge in [0, 0.05) is 37.3 Å². The number of likely N-dealkylation sites (tertiary alicyclic amines) is 1. The van der Waals surface area contributed by atoms with Crippen LogP contribution in [0.25, 0.3) is 0 Å². The summed E-state index contributed by atoms with van der Waals surface area (Å²) in [6.07, 6.45) is 10.8. The van der Waals surface area contributed by atoms with E-state index in [1.165, 1.54) is 25.7 Å². The second-order valence-electron chi connectivity index (χ2n) is 7.52. The molecule has 1 saturated heterocycles. The molecule has 1 aliphatic heterocycles. The van der Waals surface area contributed by atoms with Crippen molar-refractivity contribution < 1.29 is 4.42 Å². The molecule has 0 radical (unpaired) electrons. The van der Waals surface area contributed by atoms with Crippen molar-refractivity contribution in [3.63, 3.8) is 0 Å². The van der Waals surface area contributed by atoms with Crippen molar-refractivity contribution in [2.75, 3.05) is 18.0 Å². The lowest BCUT2D eigenvalue weighted by Gasteiger charge is -2.39. The fourth-order valence-corrected chi connectivity index (χ4v) is 3.83. The predicted molar refractivity (Wildman–Crippen MR) is 92.1 cm³/mol. The molecule has 25 heavy (non-hydrogen) atoms. The van der Waals surface area contributed by atoms with Gasteiger partial charge in [-0.1, -0.05) is 0 Å². The Bertz CT molecular complexity index is 703. The molecule has 0 spiro atoms. The van der Waals surface area contributed by atoms with E-state index in [-0.39, 0.29) is 0 Å². The standard InChI is InChI=1S/C18H24N6O/c1-2-13(1)18-22-21-17(25-18)11-23-9-6-15(7-10-23)24(14-3-4-14)16-5-8-19-12-20-16/h5,8,12-15H,1-4,6-7,9-11H2. The molecule has 0 aromatic carbocycles. The van der Waals surface area contributed by atoms with Crippen LogP contribution in [0.4, 0.5) is 5.82 Å². The number of hydrogen-bond acceptors (Lipinski definition) is 7. The van der Waals surface area contributed by atoms with Crippen LogP contribution >= 0.6 is 0 Å². The van der Waals surface area contributed by atoms with E-state index in [9.17, 15) is 0 Å². The van der Waals surface area contributed by atoms with Gasteiger partial charge in [0.25, 0.3) is 0 Å². The molecule has 3 fully saturated rings. The molecule has 2 aliphatic carbocycles. The molecule has 5 rings (SSSR count). The maximum atomic E-state index is 5.81. The van der Waals surface area contributed by atoms with Gasteiger partial charge in [-0.2, -0.15) is 0 Å². The molecule has 7 heteroatoms. The zero-order chi connectivity index (χ0) is 16.6. The van der Waals surface area contributed by atoms with E-state index in [1.54, 1.807) is 6.33 Å². The van der Waals surface area contributed by atoms with Gasteiger partial charge in [0.15, 0.2) is 0 Å². The van der Waals surface area contributed by atoms with E-state index in [0.717, 1.165) is 50.1 Å². The second-order valence-corrected chi connectivity index (χ2v) is 7.52. The molecule has 132 valence electrons. The van der Waals surface area contributed by atoms with Crippen LogP contribution in [0.1, 0.15) is 56.2 Å². The zero-order valence-corrected chi connectivity index (χ0v) is 14.4. The Morgan fingerprint density at radius 1 is 1.04 bits per heavy atom. The van der Waals surface area contributed by atoms with Crippen LogP contribution in [0, 0.1) is 0 Å². The van der Waals surface area contributed by atoms with Gasteiger partial charge >= 0.3 is 0 Å². The lowest BCUT2D eigenvalue weighted by molar-refractivity contribution is 0.183. The summed E-state index contributed by atoms with van der Waals surface area (Å²) in [7, 11) is 0. The van der Waals surface area contributed by atoms with Crippen LogP contribution in [-0.4, -0.2) is 50.2 Å². The number of hydrogen-bond donors (Lipinski definition) is 0. The number of rotatable bonds is 6. The van der Waals surface area contributed by atoms with Gasteiger partial charge in [0.2, 0.25) is 11.8 Å². The quantitative estimate of drug-likeness (QED) is 0.799. The second kappa shape index (κ2) is 6.37. The third kappa shape index (κ3) is 3.38. The summed E-state index contributed by atoms with van der Waals surface area (Å²) in [5, 5.41) is 8.42. The highest BCUT2D eigenvalue weighted by Gasteiger charge is 2.36. The largest absolute Gasteiger partial charge is 0.424 e. The molecule has 3 aliphatic rings. The van der Waals surface area contributed by atoms with Crippen molar-refractivity contribution in [1.29, 1.82) is 0 Å². The number of aromatic nitrogens is 4. The Hall–Kier alpha value is -2.02. The molecule has 0 N–H and O–H groups in total. The SMILES string of the molecule is c1cc(N(C2CC2)C2CCN(Cc3nnc(C4CC4)o3)CC2)ncn1. The van der Waals surface area contributed by atoms with E-state index in [0.29, 0.717) is 18.0 Å². The van der Waals surface area contributed by atoms with Crippen molar-refractivity contribution in [3.05, 3.63) is 30.4 Å². The van der Waals surface area contributed by atoms with Gasteiger partial charge in [-0.3, -0.25) is 4.90 Å². The van der Waals surface area contributed by atoms with Gasteiger partial charge in [-0.15, -0.1) is 10.2 Å². The van der Waals surface area contributed by atoms with Gasteiger partial charge in [-0.05, 0) is 44.6 Å². The molecule has 3 heterocycles. The molecule has 7 nitrogen and oxygen atoms in total. The summed E-state index contributed by atoms with van der Waals surface area (Å²) in [4.78, 5) is 13.5. The third-order valence-electron chi connectivity index (χ3n) is 5.49. The van der Waals surface area contributed by atoms with Crippen molar-refractivity contribution in [2.45, 2.75) is 63.1 Å². The molecular formula is C18H24N6O. The minimum absolute atomic E-state index is 0.534. The van der Waals surface area contributed by atoms with Crippen molar-refractivity contribution in [1.82, 2.24) is 25.1 Å². The third-order valence-corrected chi connectivity index (χ3v) is 5.49. The molecule has 0 bridgehead atoms. The van der Waals surface area contributed by atoms with E-state index < -0.39 is 0 Å². The van der Waals surface area contributed by atoms with Gasteiger partial charge < -0.3 is 9.32 Å². The molecule has 2 saturated carbocycles. The lowest BCUT2D eigenvalue weighted by atomic mass is 10.0. The monoisotopic (exact) mass is 340 g/mol. The zero-order valence-electron chi connectivity index (χ0n) is 14.4. The summed E-state index contributed by atoms with van der Waals surface area (Å²) >= 11 is 0. The Kier molecular flexibility index (Phi) is 3.88. The molecule has 2 aromatic heterocycles. The molecular weight excluding hydrogens is 316 g/mol. The average Bonchev–Trinajstić information content (AvgIpc) is 3.58. The lowest BCUT2D eigenvalue weighted by Crippen LogP contribution is -2.46. The Morgan fingerprint density at radius 2 is 1.84 bits per heavy atom. The molecule has 0 atom stereocenters. The highest BCUT2D eigenvalue weighted by Crippen LogP contribution is 2.39. The van der Waals surface area contributed by atoms with Crippen molar-refractivity contribution >= 4 is 5.82 Å². The van der Waals surface area contributed by atoms with Crippen molar-refractivity contribution in [3.8, 4) is 0 Å². The summed E-state index contributed by atoms with van der Waals surface area (Å²) in [5.74, 6) is 3.23. The molecule has 0 amide bonds. The topological polar surface area (TPSA) is 71.2 Å². The highest BCUT2D eigenvalue weighted by molar-refractivity contribution is 5.41. The van der Waals surface area contributed by atoms with E-state index in [1.807, 2.05) is 12.3 Å². The molecule has 2 aromatic rings. The van der Waals surface area contributed by atoms with E-state index in [4.69, 9.17) is 4.42 Å². The van der Waals surface area contributed by atoms with Crippen LogP contribution in [-0.2, 0) is 6.54 Å². The normalized spacial score (nSPS) is 22.2. The minimum atomic E-state index is 0.534. The van der Waals surface area contributed by atoms with Crippen molar-refractivity contribution in [2.24, 2.45) is 0 Å². The van der Waals surface area contributed by atoms with Gasteiger partial charge in [0.1, 0.15) is 12.1 Å². The highest BCUT2D eigenvalue weighted by atomic mass is 16.4. The first kappa shape index (κ1) is 15.3. The predicted octanol–water partition coefficient (Wildman–Crippen LogP) is 2.37. The maximum absolute atomic E-state index is 5.81. The Labute approximate surface area is 147 Å². The van der Waals surface area contributed by atoms with Crippen LogP contribution in [0.15, 0.2) is 23.0 Å². The summed E-state index contributed by atoms with van der Waals surface area (Å²) < 4.78 is 5.81. The fraction of sp³-hybridized carbons (Fsp3) is 0.667. The van der Waals surface area contributed by atoms with E-state index >= 15 is 0 Å². The number of nitrogens with zero attached hydrogens (tertiary/aromatic N) is 6. The van der Waals surface area contributed by atoms with Gasteiger partial charge in [0.05, 0.1) is 6.54 Å². The first-order valence-electron chi connectivity index (χ1n) is 9.46. The number of anilines is 1. The fourth-order valence-electron chi connectivity index (χ4n) is 3.83. The number of piperidine rings is 1. The smallest absolute Gasteiger partial charge is 0.230 e. The molecule has 0 unspecified atom stereocenters. The Morgan fingerprint density at radius 3 is 2.52 bits per heavy atom. The maximum Gasteiger partial charge on any atom is 0.230 e. The summed E-state index contributed by atoms with van der Waals surface area (Å²) in [5.41, 5.74) is 0. The van der Waals surface area contributed by atoms with Crippen LogP contribution < -0.4 is 4.90 Å². The van der Waals surface area contributed by atoms with Gasteiger partial charge in [-0.25, -0.2) is 9.97 Å². The van der Waals surface area contributed by atoms with Crippen LogP contribution in [0.5, 0.6) is 0 Å². The van der Waals surface area contributed by atoms with E-state index in [2.05, 4.69) is 30.0 Å². The summed E-state index contributed by atoms with van der Waals surface area (Å²) in [6, 6.07) is 3.29. The first-order valence-corrected chi connectivity index (χ1v) is 9.46. The minimum Gasteiger partial charge on any atom is -0.424 e. The average molecular weight is 340 g/mol. The summed E-state index contributed by atoms with van der Waals surface area (Å²) in [6.45, 7) is 2.92. The van der Waals surface area contributed by atoms with Crippen LogP contribution in [0.3, 0.4) is 0 Å². The Balaban J connectivity index is 1.20.